The number of aliphatic hydroxyl groups excluding tert-OH is 1. The molecule has 1 heterocycles. The van der Waals surface area contributed by atoms with Crippen molar-refractivity contribution < 1.29 is 34.1 Å². The van der Waals surface area contributed by atoms with Gasteiger partial charge in [0.25, 0.3) is 0 Å². The van der Waals surface area contributed by atoms with E-state index in [0.717, 1.165) is 0 Å². The van der Waals surface area contributed by atoms with Gasteiger partial charge >= 0.3 is 5.97 Å². The predicted octanol–water partition coefficient (Wildman–Crippen LogP) is 5.35. The van der Waals surface area contributed by atoms with E-state index in [-0.39, 0.29) is 30.8 Å². The number of ketones is 1. The van der Waals surface area contributed by atoms with Crippen molar-refractivity contribution >= 4 is 40.5 Å². The van der Waals surface area contributed by atoms with E-state index in [0.29, 0.717) is 33.2 Å². The molecule has 1 aliphatic heterocycles. The molecule has 0 aliphatic carbocycles. The fourth-order valence-electron chi connectivity index (χ4n) is 4.24. The predicted molar refractivity (Wildman–Crippen MR) is 153 cm³/mol. The Hall–Kier alpha value is -3.66. The summed E-state index contributed by atoms with van der Waals surface area (Å²) in [5, 5.41) is 23.6. The number of aromatic carboxylic acids is 1. The van der Waals surface area contributed by atoms with Crippen LogP contribution in [-0.4, -0.2) is 64.4 Å². The van der Waals surface area contributed by atoms with E-state index in [9.17, 15) is 19.5 Å². The number of hydrogen-bond donors (Lipinski definition) is 3. The molecular formula is C30H35ClN2O7. The SMILES string of the molecule is CCC(=O)c1ccc(Cl)cc1C1=CC(O)N(C(CCOC(C)(C)C)C(=O)Nc2ccc(C(=O)O)cc2)C=C1OC. The lowest BCUT2D eigenvalue weighted by atomic mass is 9.92. The number of methoxy groups -OCH3 is 1. The average Bonchev–Trinajstić information content (AvgIpc) is 2.90. The zero-order valence-corrected chi connectivity index (χ0v) is 24.0. The number of anilines is 1. The Balaban J connectivity index is 1.96. The van der Waals surface area contributed by atoms with Crippen LogP contribution in [0.2, 0.25) is 5.02 Å². The molecule has 0 spiro atoms. The highest BCUT2D eigenvalue weighted by Crippen LogP contribution is 2.34. The molecule has 2 atom stereocenters. The van der Waals surface area contributed by atoms with Crippen LogP contribution in [0, 0.1) is 0 Å². The second kappa shape index (κ2) is 13.1. The molecule has 40 heavy (non-hydrogen) atoms. The highest BCUT2D eigenvalue weighted by atomic mass is 35.5. The molecular weight excluding hydrogens is 536 g/mol. The Morgan fingerprint density at radius 3 is 2.38 bits per heavy atom. The Labute approximate surface area is 239 Å². The standard InChI is InChI=1S/C30H35ClN2O7/c1-6-25(34)21-12-9-19(31)15-22(21)23-16-27(35)33(17-26(23)39-5)24(13-14-40-30(2,3)4)28(36)32-20-10-7-18(8-11-20)29(37)38/h7-12,15-17,24,27,35H,6,13-14H2,1-5H3,(H,32,36)(H,37,38). The van der Waals surface area contributed by atoms with E-state index in [2.05, 4.69) is 5.32 Å². The van der Waals surface area contributed by atoms with Crippen LogP contribution in [-0.2, 0) is 14.3 Å². The lowest BCUT2D eigenvalue weighted by molar-refractivity contribution is -0.124. The Kier molecular flexibility index (Phi) is 10.1. The number of nitrogens with one attached hydrogen (secondary N) is 1. The largest absolute Gasteiger partial charge is 0.495 e. The Bertz CT molecular complexity index is 1310. The minimum Gasteiger partial charge on any atom is -0.495 e. The molecule has 0 radical (unpaired) electrons. The third-order valence-corrected chi connectivity index (χ3v) is 6.49. The molecule has 1 amide bonds. The van der Waals surface area contributed by atoms with Gasteiger partial charge in [0.2, 0.25) is 5.91 Å². The van der Waals surface area contributed by atoms with Gasteiger partial charge in [0.15, 0.2) is 5.78 Å². The minimum absolute atomic E-state index is 0.0897. The number of nitrogens with zero attached hydrogens (tertiary/aromatic N) is 1. The number of halogens is 1. The number of aliphatic hydroxyl groups is 1. The summed E-state index contributed by atoms with van der Waals surface area (Å²) in [5.41, 5.74) is 1.48. The highest BCUT2D eigenvalue weighted by molar-refractivity contribution is 6.31. The lowest BCUT2D eigenvalue weighted by Crippen LogP contribution is -2.48. The second-order valence-electron chi connectivity index (χ2n) is 10.2. The molecule has 0 saturated heterocycles. The number of allylic oxidation sites excluding steroid dienone is 1. The third kappa shape index (κ3) is 7.71. The number of Topliss-reactive ketones (excluding diaryl/α,β-unsaturated/α-hetero) is 1. The Morgan fingerprint density at radius 2 is 1.80 bits per heavy atom. The van der Waals surface area contributed by atoms with Crippen LogP contribution < -0.4 is 5.32 Å². The Morgan fingerprint density at radius 1 is 1.12 bits per heavy atom. The number of benzene rings is 2. The first kappa shape index (κ1) is 30.9. The summed E-state index contributed by atoms with van der Waals surface area (Å²) in [5.74, 6) is -1.27. The van der Waals surface area contributed by atoms with Crippen molar-refractivity contribution in [1.29, 1.82) is 0 Å². The lowest BCUT2D eigenvalue weighted by Gasteiger charge is -2.36. The third-order valence-electron chi connectivity index (χ3n) is 6.25. The minimum atomic E-state index is -1.25. The number of carboxylic acid groups (broad SMARTS) is 1. The van der Waals surface area contributed by atoms with E-state index in [1.54, 1.807) is 25.1 Å². The number of hydrogen-bond acceptors (Lipinski definition) is 7. The van der Waals surface area contributed by atoms with E-state index in [1.165, 1.54) is 48.6 Å². The van der Waals surface area contributed by atoms with Crippen LogP contribution in [0.4, 0.5) is 5.69 Å². The van der Waals surface area contributed by atoms with Crippen LogP contribution in [0.1, 0.15) is 66.8 Å². The number of carbonyl (C=O) groups is 3. The highest BCUT2D eigenvalue weighted by Gasteiger charge is 2.33. The molecule has 3 N–H and O–H groups in total. The van der Waals surface area contributed by atoms with Crippen molar-refractivity contribution in [3.8, 4) is 0 Å². The molecule has 9 nitrogen and oxygen atoms in total. The van der Waals surface area contributed by atoms with E-state index in [1.807, 2.05) is 20.8 Å². The summed E-state index contributed by atoms with van der Waals surface area (Å²) < 4.78 is 11.5. The van der Waals surface area contributed by atoms with Gasteiger partial charge in [-0.1, -0.05) is 18.5 Å². The maximum Gasteiger partial charge on any atom is 0.335 e. The first-order valence-electron chi connectivity index (χ1n) is 12.9. The van der Waals surface area contributed by atoms with Crippen LogP contribution in [0.3, 0.4) is 0 Å². The quantitative estimate of drug-likeness (QED) is 0.309. The first-order chi connectivity index (χ1) is 18.8. The zero-order chi connectivity index (χ0) is 29.6. The number of carbonyl (C=O) groups excluding carboxylic acids is 2. The van der Waals surface area contributed by atoms with Crippen LogP contribution >= 0.6 is 11.6 Å². The van der Waals surface area contributed by atoms with Crippen molar-refractivity contribution in [3.63, 3.8) is 0 Å². The summed E-state index contributed by atoms with van der Waals surface area (Å²) in [6, 6.07) is 9.81. The number of carboxylic acids is 1. The van der Waals surface area contributed by atoms with E-state index < -0.39 is 29.7 Å². The molecule has 0 fully saturated rings. The van der Waals surface area contributed by atoms with Gasteiger partial charge in [-0.25, -0.2) is 4.79 Å². The van der Waals surface area contributed by atoms with Gasteiger partial charge < -0.3 is 29.9 Å². The van der Waals surface area contributed by atoms with Crippen molar-refractivity contribution in [2.45, 2.75) is 58.4 Å². The van der Waals surface area contributed by atoms with Gasteiger partial charge in [0, 0.05) is 47.5 Å². The molecule has 0 bridgehead atoms. The maximum absolute atomic E-state index is 13.5. The van der Waals surface area contributed by atoms with Crippen LogP contribution in [0.25, 0.3) is 5.57 Å². The van der Waals surface area contributed by atoms with E-state index in [4.69, 9.17) is 26.2 Å². The van der Waals surface area contributed by atoms with Gasteiger partial charge in [0.1, 0.15) is 18.0 Å². The molecule has 2 aromatic rings. The fraction of sp³-hybridized carbons (Fsp3) is 0.367. The monoisotopic (exact) mass is 570 g/mol. The topological polar surface area (TPSA) is 125 Å². The van der Waals surface area contributed by atoms with Gasteiger partial charge in [0.05, 0.1) is 18.3 Å². The molecule has 10 heteroatoms. The fourth-order valence-corrected chi connectivity index (χ4v) is 4.42. The summed E-state index contributed by atoms with van der Waals surface area (Å²) >= 11 is 6.26. The molecule has 214 valence electrons. The molecule has 0 aromatic heterocycles. The average molecular weight is 571 g/mol. The van der Waals surface area contributed by atoms with Crippen molar-refractivity contribution in [3.05, 3.63) is 82.2 Å². The van der Waals surface area contributed by atoms with Crippen molar-refractivity contribution in [2.75, 3.05) is 19.0 Å². The summed E-state index contributed by atoms with van der Waals surface area (Å²) in [6.45, 7) is 7.69. The smallest absolute Gasteiger partial charge is 0.335 e. The van der Waals surface area contributed by atoms with Crippen LogP contribution in [0.15, 0.2) is 60.5 Å². The van der Waals surface area contributed by atoms with Gasteiger partial charge in [-0.2, -0.15) is 0 Å². The number of ether oxygens (including phenoxy) is 2. The van der Waals surface area contributed by atoms with Gasteiger partial charge in [-0.3, -0.25) is 9.59 Å². The molecule has 3 rings (SSSR count). The summed E-state index contributed by atoms with van der Waals surface area (Å²) in [4.78, 5) is 38.8. The zero-order valence-electron chi connectivity index (χ0n) is 23.2. The number of rotatable bonds is 11. The molecule has 1 aliphatic rings. The summed E-state index contributed by atoms with van der Waals surface area (Å²) in [7, 11) is 1.46. The second-order valence-corrected chi connectivity index (χ2v) is 10.7. The molecule has 2 unspecified atom stereocenters. The van der Waals surface area contributed by atoms with Crippen molar-refractivity contribution in [1.82, 2.24) is 4.90 Å². The number of amides is 1. The van der Waals surface area contributed by atoms with Crippen LogP contribution in [0.5, 0.6) is 0 Å². The van der Waals surface area contributed by atoms with Gasteiger partial charge in [-0.15, -0.1) is 0 Å². The normalized spacial score (nSPS) is 16.1. The maximum atomic E-state index is 13.5. The molecule has 2 aromatic carbocycles. The van der Waals surface area contributed by atoms with Gasteiger partial charge in [-0.05, 0) is 74.9 Å². The van der Waals surface area contributed by atoms with Crippen molar-refractivity contribution in [2.24, 2.45) is 0 Å². The first-order valence-corrected chi connectivity index (χ1v) is 13.3. The molecule has 0 saturated carbocycles. The van der Waals surface area contributed by atoms with E-state index >= 15 is 0 Å². The summed E-state index contributed by atoms with van der Waals surface area (Å²) in [6.07, 6.45) is 2.31.